The smallest absolute Gasteiger partial charge is 0.313 e. The number of aromatic nitrogens is 4. The number of nitrogens with zero attached hydrogens (tertiary/aromatic N) is 4. The summed E-state index contributed by atoms with van der Waals surface area (Å²) in [6.07, 6.45) is 0. The first-order valence-electron chi connectivity index (χ1n) is 5.17. The average molecular weight is 284 g/mol. The molecule has 2 heterocycles. The highest BCUT2D eigenvalue weighted by Crippen LogP contribution is 2.28. The number of rotatable bonds is 4. The minimum absolute atomic E-state index is 0.0212. The zero-order chi connectivity index (χ0) is 13.3. The van der Waals surface area contributed by atoms with Gasteiger partial charge in [0.1, 0.15) is 0 Å². The van der Waals surface area contributed by atoms with Crippen molar-refractivity contribution >= 4 is 29.1 Å². The second-order valence-corrected chi connectivity index (χ2v) is 5.82. The Bertz CT molecular complexity index is 591. The molecule has 2 rings (SSSR count). The van der Waals surface area contributed by atoms with Crippen molar-refractivity contribution in [2.75, 3.05) is 5.75 Å². The van der Waals surface area contributed by atoms with Crippen LogP contribution in [0.1, 0.15) is 10.7 Å². The van der Waals surface area contributed by atoms with Gasteiger partial charge in [-0.3, -0.25) is 4.79 Å². The van der Waals surface area contributed by atoms with Gasteiger partial charge < -0.3 is 5.11 Å². The van der Waals surface area contributed by atoms with E-state index in [0.29, 0.717) is 11.0 Å². The fourth-order valence-electron chi connectivity index (χ4n) is 1.46. The summed E-state index contributed by atoms with van der Waals surface area (Å²) >= 11 is 2.70. The quantitative estimate of drug-likeness (QED) is 0.861. The van der Waals surface area contributed by atoms with Crippen LogP contribution in [-0.2, 0) is 11.8 Å². The monoisotopic (exact) mass is 284 g/mol. The molecule has 0 saturated heterocycles. The summed E-state index contributed by atoms with van der Waals surface area (Å²) in [5.41, 5.74) is 0.901. The van der Waals surface area contributed by atoms with Gasteiger partial charge in [-0.1, -0.05) is 11.8 Å². The summed E-state index contributed by atoms with van der Waals surface area (Å²) in [6.45, 7) is 3.85. The van der Waals surface area contributed by atoms with Gasteiger partial charge in [-0.15, -0.1) is 16.4 Å². The van der Waals surface area contributed by atoms with Gasteiger partial charge in [0.15, 0.2) is 11.0 Å². The van der Waals surface area contributed by atoms with E-state index < -0.39 is 5.97 Å². The standard InChI is InChI=1S/C10H12N4O2S2/c1-5-8(18-6(2)11-5)9-12-10(14(3)13-9)17-4-7(15)16/h4H2,1-3H3,(H,15,16). The molecule has 96 valence electrons. The average Bonchev–Trinajstić information content (AvgIpc) is 2.79. The summed E-state index contributed by atoms with van der Waals surface area (Å²) in [5.74, 6) is -0.282. The maximum atomic E-state index is 10.5. The molecule has 0 aliphatic heterocycles. The topological polar surface area (TPSA) is 80.9 Å². The van der Waals surface area contributed by atoms with Gasteiger partial charge in [-0.2, -0.15) is 4.98 Å². The molecule has 0 fully saturated rings. The van der Waals surface area contributed by atoms with Crippen LogP contribution in [0.4, 0.5) is 0 Å². The lowest BCUT2D eigenvalue weighted by molar-refractivity contribution is -0.133. The number of thiazole rings is 1. The van der Waals surface area contributed by atoms with Crippen LogP contribution >= 0.6 is 23.1 Å². The fraction of sp³-hybridized carbons (Fsp3) is 0.400. The largest absolute Gasteiger partial charge is 0.481 e. The molecule has 0 saturated carbocycles. The number of hydrogen-bond acceptors (Lipinski definition) is 6. The Morgan fingerprint density at radius 2 is 2.17 bits per heavy atom. The Kier molecular flexibility index (Phi) is 3.67. The number of carbonyl (C=O) groups is 1. The molecule has 8 heteroatoms. The molecule has 0 aliphatic rings. The van der Waals surface area contributed by atoms with E-state index in [1.807, 2.05) is 13.8 Å². The molecule has 0 radical (unpaired) electrons. The Morgan fingerprint density at radius 1 is 1.44 bits per heavy atom. The molecule has 6 nitrogen and oxygen atoms in total. The highest BCUT2D eigenvalue weighted by Gasteiger charge is 2.15. The van der Waals surface area contributed by atoms with Gasteiger partial charge in [0.05, 0.1) is 21.3 Å². The third-order valence-corrected chi connectivity index (χ3v) is 4.23. The van der Waals surface area contributed by atoms with Crippen LogP contribution in [0.15, 0.2) is 5.16 Å². The summed E-state index contributed by atoms with van der Waals surface area (Å²) in [5, 5.41) is 14.5. The minimum atomic E-state index is -0.866. The van der Waals surface area contributed by atoms with E-state index in [9.17, 15) is 4.79 Å². The number of thioether (sulfide) groups is 1. The number of aryl methyl sites for hydroxylation is 3. The maximum absolute atomic E-state index is 10.5. The second-order valence-electron chi connectivity index (χ2n) is 3.67. The lowest BCUT2D eigenvalue weighted by Gasteiger charge is -1.94. The molecule has 0 amide bonds. The number of hydrogen-bond donors (Lipinski definition) is 1. The highest BCUT2D eigenvalue weighted by atomic mass is 32.2. The lowest BCUT2D eigenvalue weighted by atomic mass is 10.4. The molecule has 0 atom stereocenters. The molecule has 2 aromatic heterocycles. The molecule has 0 spiro atoms. The summed E-state index contributed by atoms with van der Waals surface area (Å²) in [7, 11) is 1.75. The summed E-state index contributed by atoms with van der Waals surface area (Å²) in [4.78, 5) is 20.1. The summed E-state index contributed by atoms with van der Waals surface area (Å²) < 4.78 is 1.59. The first-order chi connectivity index (χ1) is 8.47. The molecule has 0 bridgehead atoms. The zero-order valence-electron chi connectivity index (χ0n) is 10.2. The van der Waals surface area contributed by atoms with Gasteiger partial charge in [-0.25, -0.2) is 9.67 Å². The Labute approximate surface area is 112 Å². The van der Waals surface area contributed by atoms with Gasteiger partial charge in [0.25, 0.3) is 0 Å². The van der Waals surface area contributed by atoms with E-state index in [-0.39, 0.29) is 5.75 Å². The van der Waals surface area contributed by atoms with Crippen molar-refractivity contribution in [3.8, 4) is 10.7 Å². The minimum Gasteiger partial charge on any atom is -0.481 e. The predicted octanol–water partition coefficient (Wildman–Crippen LogP) is 1.73. The lowest BCUT2D eigenvalue weighted by Crippen LogP contribution is -2.00. The van der Waals surface area contributed by atoms with Crippen LogP contribution in [0.2, 0.25) is 0 Å². The molecule has 18 heavy (non-hydrogen) atoms. The molecule has 1 N–H and O–H groups in total. The molecule has 0 unspecified atom stereocenters. The maximum Gasteiger partial charge on any atom is 0.313 e. The Hall–Kier alpha value is -1.41. The van der Waals surface area contributed by atoms with Crippen molar-refractivity contribution in [3.05, 3.63) is 10.7 Å². The van der Waals surface area contributed by atoms with Gasteiger partial charge in [0.2, 0.25) is 0 Å². The van der Waals surface area contributed by atoms with Crippen LogP contribution in [0.3, 0.4) is 0 Å². The first kappa shape index (κ1) is 13.0. The van der Waals surface area contributed by atoms with Crippen molar-refractivity contribution in [2.24, 2.45) is 7.05 Å². The molecule has 2 aromatic rings. The number of carboxylic acid groups (broad SMARTS) is 1. The third-order valence-electron chi connectivity index (χ3n) is 2.15. The van der Waals surface area contributed by atoms with E-state index in [0.717, 1.165) is 27.3 Å². The Balaban J connectivity index is 2.28. The zero-order valence-corrected chi connectivity index (χ0v) is 11.8. The van der Waals surface area contributed by atoms with E-state index in [1.54, 1.807) is 11.7 Å². The second kappa shape index (κ2) is 5.07. The van der Waals surface area contributed by atoms with Crippen molar-refractivity contribution in [1.82, 2.24) is 19.7 Å². The fourth-order valence-corrected chi connectivity index (χ4v) is 2.94. The van der Waals surface area contributed by atoms with E-state index in [2.05, 4.69) is 15.1 Å². The van der Waals surface area contributed by atoms with Crippen LogP contribution < -0.4 is 0 Å². The molecular weight excluding hydrogens is 272 g/mol. The number of carboxylic acids is 1. The van der Waals surface area contributed by atoms with Gasteiger partial charge >= 0.3 is 5.97 Å². The first-order valence-corrected chi connectivity index (χ1v) is 6.97. The van der Waals surface area contributed by atoms with E-state index in [1.165, 1.54) is 11.3 Å². The Morgan fingerprint density at radius 3 is 2.72 bits per heavy atom. The highest BCUT2D eigenvalue weighted by molar-refractivity contribution is 7.99. The number of aliphatic carboxylic acids is 1. The van der Waals surface area contributed by atoms with Gasteiger partial charge in [-0.05, 0) is 13.8 Å². The predicted molar refractivity (Wildman–Crippen MR) is 69.9 cm³/mol. The van der Waals surface area contributed by atoms with Crippen molar-refractivity contribution < 1.29 is 9.90 Å². The van der Waals surface area contributed by atoms with Gasteiger partial charge in [0, 0.05) is 7.05 Å². The van der Waals surface area contributed by atoms with Crippen molar-refractivity contribution in [1.29, 1.82) is 0 Å². The van der Waals surface area contributed by atoms with Crippen molar-refractivity contribution in [2.45, 2.75) is 19.0 Å². The normalized spacial score (nSPS) is 10.8. The van der Waals surface area contributed by atoms with Crippen LogP contribution in [-0.4, -0.2) is 36.6 Å². The van der Waals surface area contributed by atoms with Crippen LogP contribution in [0.5, 0.6) is 0 Å². The molecule has 0 aromatic carbocycles. The van der Waals surface area contributed by atoms with Crippen LogP contribution in [0.25, 0.3) is 10.7 Å². The van der Waals surface area contributed by atoms with E-state index in [4.69, 9.17) is 5.11 Å². The molecular formula is C10H12N4O2S2. The SMILES string of the molecule is Cc1nc(C)c(-c2nc(SCC(=O)O)n(C)n2)s1. The summed E-state index contributed by atoms with van der Waals surface area (Å²) in [6, 6.07) is 0. The van der Waals surface area contributed by atoms with E-state index >= 15 is 0 Å². The third kappa shape index (κ3) is 2.70. The van der Waals surface area contributed by atoms with Crippen molar-refractivity contribution in [3.63, 3.8) is 0 Å². The molecule has 0 aliphatic carbocycles. The van der Waals surface area contributed by atoms with Crippen LogP contribution in [0, 0.1) is 13.8 Å².